The Labute approximate surface area is 309 Å². The number of hydrogen-bond donors (Lipinski definition) is 0. The standard InChI is InChI=1S/C36H24N6O2S6/c1-5-41-32(43)24(49-34(41)20(16-37)39-3)14-18-12-22-28(45-18)26-30(47-22)31-27(36(26)10-8-7-9-11-36)29-23(48-31)13-19(46-29)15-25-33(44)42(6-2)35(50-25)21(17-38)40-4/h12-15H,5-11H2,1-2H3/b24-14-,25-15-,34-20-,35-21+. The third kappa shape index (κ3) is 4.72. The second-order valence-electron chi connectivity index (χ2n) is 12.0. The van der Waals surface area contributed by atoms with E-state index in [9.17, 15) is 20.1 Å². The van der Waals surface area contributed by atoms with Crippen molar-refractivity contribution in [3.63, 3.8) is 0 Å². The van der Waals surface area contributed by atoms with E-state index in [1.54, 1.807) is 22.7 Å². The molecule has 0 amide bonds. The molecule has 0 atom stereocenters. The normalized spacial score (nSPS) is 16.7. The van der Waals surface area contributed by atoms with E-state index in [2.05, 4.69) is 21.8 Å². The number of thiazole rings is 2. The van der Waals surface area contributed by atoms with Crippen molar-refractivity contribution in [2.75, 3.05) is 0 Å². The topological polar surface area (TPSA) is 100 Å². The van der Waals surface area contributed by atoms with Crippen LogP contribution >= 0.6 is 68.0 Å². The van der Waals surface area contributed by atoms with Crippen LogP contribution in [0.3, 0.4) is 0 Å². The number of nitrogens with zero attached hydrogens (tertiary/aromatic N) is 6. The summed E-state index contributed by atoms with van der Waals surface area (Å²) < 4.78 is 9.91. The van der Waals surface area contributed by atoms with Gasteiger partial charge in [-0.15, -0.1) is 68.0 Å². The van der Waals surface area contributed by atoms with E-state index in [0.29, 0.717) is 31.5 Å². The number of nitriles is 2. The van der Waals surface area contributed by atoms with Crippen LogP contribution in [-0.4, -0.2) is 9.13 Å². The van der Waals surface area contributed by atoms with Crippen LogP contribution in [0.5, 0.6) is 0 Å². The van der Waals surface area contributed by atoms with E-state index in [-0.39, 0.29) is 27.9 Å². The van der Waals surface area contributed by atoms with Crippen LogP contribution in [0.1, 0.15) is 66.8 Å². The van der Waals surface area contributed by atoms with E-state index in [1.807, 2.05) is 60.8 Å². The summed E-state index contributed by atoms with van der Waals surface area (Å²) in [4.78, 5) is 38.0. The van der Waals surface area contributed by atoms with Crippen LogP contribution in [0.4, 0.5) is 0 Å². The van der Waals surface area contributed by atoms with Gasteiger partial charge in [-0.25, -0.2) is 20.2 Å². The van der Waals surface area contributed by atoms with Gasteiger partial charge in [-0.3, -0.25) is 9.59 Å². The summed E-state index contributed by atoms with van der Waals surface area (Å²) in [5, 5.41) is 19.0. The molecule has 0 unspecified atom stereocenters. The molecule has 8 rings (SSSR count). The van der Waals surface area contributed by atoms with E-state index in [4.69, 9.17) is 13.1 Å². The number of rotatable bonds is 4. The predicted octanol–water partition coefficient (Wildman–Crippen LogP) is 6.72. The lowest BCUT2D eigenvalue weighted by atomic mass is 9.68. The number of aromatic nitrogens is 2. The highest BCUT2D eigenvalue weighted by atomic mass is 32.1. The molecule has 0 N–H and O–H groups in total. The molecule has 2 aliphatic carbocycles. The SMILES string of the molecule is [C-]#[N+]/C(C#N)=c1\s/c(=C\c2cc3sc4c(c3s2)C2(CCCCC2)c2c-4sc3cc(/C=c4\s/c(=C(\C#N)[N+]#[C-])n(CC)c4=O)sc23)c(=O)n1CC. The van der Waals surface area contributed by atoms with Crippen molar-refractivity contribution in [2.45, 2.75) is 64.5 Å². The lowest BCUT2D eigenvalue weighted by molar-refractivity contribution is 0.358. The van der Waals surface area contributed by atoms with Crippen molar-refractivity contribution in [2.24, 2.45) is 0 Å². The molecule has 14 heteroatoms. The molecule has 8 nitrogen and oxygen atoms in total. The fourth-order valence-corrected chi connectivity index (χ4v) is 15.5. The van der Waals surface area contributed by atoms with Crippen LogP contribution in [0, 0.1) is 35.8 Å². The molecule has 6 aromatic heterocycles. The number of fused-ring (bicyclic) bond motifs is 9. The third-order valence-electron chi connectivity index (χ3n) is 9.47. The maximum Gasteiger partial charge on any atom is 0.294 e. The fourth-order valence-electron chi connectivity index (χ4n) is 7.39. The van der Waals surface area contributed by atoms with Gasteiger partial charge in [-0.1, -0.05) is 19.3 Å². The Kier molecular flexibility index (Phi) is 8.16. The Bertz CT molecular complexity index is 2760. The van der Waals surface area contributed by atoms with Gasteiger partial charge in [-0.05, 0) is 51.0 Å². The summed E-state index contributed by atoms with van der Waals surface area (Å²) in [5.74, 6) is 0. The van der Waals surface area contributed by atoms with Crippen LogP contribution < -0.4 is 29.5 Å². The molecule has 0 aromatic carbocycles. The Morgan fingerprint density at radius 2 is 1.20 bits per heavy atom. The van der Waals surface area contributed by atoms with Crippen molar-refractivity contribution in [3.8, 4) is 21.9 Å². The molecule has 0 aliphatic heterocycles. The van der Waals surface area contributed by atoms with E-state index in [1.165, 1.54) is 77.9 Å². The zero-order valence-corrected chi connectivity index (χ0v) is 31.6. The summed E-state index contributed by atoms with van der Waals surface area (Å²) in [6, 6.07) is 8.25. The number of thiophene rings is 4. The number of hydrogen-bond acceptors (Lipinski definition) is 10. The molecular weight excluding hydrogens is 741 g/mol. The minimum Gasteiger partial charge on any atom is -0.307 e. The molecule has 0 radical (unpaired) electrons. The molecule has 6 aromatic rings. The third-order valence-corrected chi connectivity index (χ3v) is 16.6. The first kappa shape index (κ1) is 32.8. The lowest BCUT2D eigenvalue weighted by Gasteiger charge is -2.35. The highest BCUT2D eigenvalue weighted by Gasteiger charge is 2.49. The molecule has 246 valence electrons. The van der Waals surface area contributed by atoms with E-state index in [0.717, 1.165) is 35.4 Å². The first-order valence-corrected chi connectivity index (χ1v) is 20.8. The zero-order valence-electron chi connectivity index (χ0n) is 26.7. The summed E-state index contributed by atoms with van der Waals surface area (Å²) >= 11 is 9.53. The highest BCUT2D eigenvalue weighted by Crippen LogP contribution is 2.66. The maximum absolute atomic E-state index is 13.3. The molecule has 6 heterocycles. The van der Waals surface area contributed by atoms with Gasteiger partial charge >= 0.3 is 0 Å². The monoisotopic (exact) mass is 764 g/mol. The average molecular weight is 765 g/mol. The molecule has 0 saturated heterocycles. The smallest absolute Gasteiger partial charge is 0.294 e. The quantitative estimate of drug-likeness (QED) is 0.186. The largest absolute Gasteiger partial charge is 0.307 e. The van der Waals surface area contributed by atoms with Crippen molar-refractivity contribution in [1.29, 1.82) is 10.5 Å². The molecular formula is C36H24N6O2S6. The minimum atomic E-state index is -0.174. The second kappa shape index (κ2) is 12.4. The van der Waals surface area contributed by atoms with Gasteiger partial charge in [0.2, 0.25) is 0 Å². The average Bonchev–Trinajstić information content (AvgIpc) is 3.96. The van der Waals surface area contributed by atoms with Crippen molar-refractivity contribution in [3.05, 3.63) is 94.9 Å². The van der Waals surface area contributed by atoms with Gasteiger partial charge in [-0.2, -0.15) is 0 Å². The Balaban J connectivity index is 1.28. The fraction of sp³-hybridized carbons (Fsp3) is 0.278. The maximum atomic E-state index is 13.3. The predicted molar refractivity (Wildman–Crippen MR) is 208 cm³/mol. The molecule has 1 spiro atoms. The minimum absolute atomic E-state index is 0.0606. The van der Waals surface area contributed by atoms with Gasteiger partial charge in [0.05, 0.1) is 53.5 Å². The van der Waals surface area contributed by atoms with Crippen molar-refractivity contribution >= 4 is 110 Å². The van der Waals surface area contributed by atoms with Gasteiger partial charge in [0, 0.05) is 48.8 Å². The molecule has 1 saturated carbocycles. The summed E-state index contributed by atoms with van der Waals surface area (Å²) in [6.07, 6.45) is 9.52. The molecule has 1 fully saturated rings. The Hall–Kier alpha value is -4.38. The molecule has 50 heavy (non-hydrogen) atoms. The summed E-state index contributed by atoms with van der Waals surface area (Å²) in [6.45, 7) is 19.3. The van der Waals surface area contributed by atoms with Crippen LogP contribution in [-0.2, 0) is 18.5 Å². The van der Waals surface area contributed by atoms with E-state index < -0.39 is 0 Å². The Morgan fingerprint density at radius 3 is 1.58 bits per heavy atom. The summed E-state index contributed by atoms with van der Waals surface area (Å²) in [7, 11) is 0. The van der Waals surface area contributed by atoms with Gasteiger partial charge in [0.15, 0.2) is 0 Å². The zero-order chi connectivity index (χ0) is 34.9. The van der Waals surface area contributed by atoms with E-state index >= 15 is 0 Å². The molecule has 2 aliphatic rings. The second-order valence-corrected chi connectivity index (χ2v) is 18.3. The first-order chi connectivity index (χ1) is 24.3. The lowest BCUT2D eigenvalue weighted by Crippen LogP contribution is -2.31. The van der Waals surface area contributed by atoms with Crippen LogP contribution in [0.2, 0.25) is 0 Å². The van der Waals surface area contributed by atoms with Crippen molar-refractivity contribution in [1.82, 2.24) is 9.13 Å². The first-order valence-electron chi connectivity index (χ1n) is 15.9. The van der Waals surface area contributed by atoms with Crippen LogP contribution in [0.15, 0.2) is 21.7 Å². The van der Waals surface area contributed by atoms with Gasteiger partial charge < -0.3 is 9.13 Å². The highest BCUT2D eigenvalue weighted by molar-refractivity contribution is 7.35. The van der Waals surface area contributed by atoms with Gasteiger partial charge in [0.1, 0.15) is 9.33 Å². The van der Waals surface area contributed by atoms with Gasteiger partial charge in [0.25, 0.3) is 22.5 Å². The van der Waals surface area contributed by atoms with Crippen LogP contribution in [0.25, 0.3) is 61.8 Å². The Morgan fingerprint density at radius 1 is 0.760 bits per heavy atom. The van der Waals surface area contributed by atoms with Crippen molar-refractivity contribution < 1.29 is 0 Å². The summed E-state index contributed by atoms with van der Waals surface area (Å²) in [5.41, 5.74) is 2.31. The molecule has 0 bridgehead atoms.